The summed E-state index contributed by atoms with van der Waals surface area (Å²) in [5, 5.41) is 0.889. The molecule has 1 aromatic carbocycles. The van der Waals surface area contributed by atoms with E-state index in [-0.39, 0.29) is 5.91 Å². The third kappa shape index (κ3) is 3.09. The normalized spacial score (nSPS) is 23.0. The molecule has 0 N–H and O–H groups in total. The Morgan fingerprint density at radius 1 is 1.33 bits per heavy atom. The maximum atomic E-state index is 12.2. The molecule has 2 aliphatic rings. The van der Waals surface area contributed by atoms with Gasteiger partial charge >= 0.3 is 0 Å². The van der Waals surface area contributed by atoms with Gasteiger partial charge in [-0.15, -0.1) is 0 Å². The quantitative estimate of drug-likeness (QED) is 0.783. The van der Waals surface area contributed by atoms with E-state index in [9.17, 15) is 4.79 Å². The molecule has 2 aliphatic heterocycles. The van der Waals surface area contributed by atoms with Gasteiger partial charge in [-0.1, -0.05) is 15.9 Å². The van der Waals surface area contributed by atoms with E-state index in [0.29, 0.717) is 12.3 Å². The summed E-state index contributed by atoms with van der Waals surface area (Å²) in [6.07, 6.45) is 0.649. The van der Waals surface area contributed by atoms with Gasteiger partial charge in [0.1, 0.15) is 0 Å². The number of ether oxygens (including phenoxy) is 1. The predicted molar refractivity (Wildman–Crippen MR) is 88.5 cm³/mol. The number of morpholine rings is 1. The van der Waals surface area contributed by atoms with Gasteiger partial charge in [0.05, 0.1) is 13.2 Å². The number of amides is 1. The number of hydrogen-bond acceptors (Lipinski definition) is 3. The summed E-state index contributed by atoms with van der Waals surface area (Å²) in [7, 11) is 0. The Morgan fingerprint density at radius 3 is 2.71 bits per heavy atom. The minimum absolute atomic E-state index is 0.238. The van der Waals surface area contributed by atoms with E-state index in [2.05, 4.69) is 46.0 Å². The van der Waals surface area contributed by atoms with Crippen molar-refractivity contribution < 1.29 is 9.53 Å². The zero-order valence-corrected chi connectivity index (χ0v) is 13.9. The molecule has 0 saturated carbocycles. The highest BCUT2D eigenvalue weighted by atomic mass is 79.9. The summed E-state index contributed by atoms with van der Waals surface area (Å²) < 4.78 is 5.40. The Bertz CT molecular complexity index is 529. The fraction of sp³-hybridized carbons (Fsp3) is 0.562. The van der Waals surface area contributed by atoms with Crippen molar-refractivity contribution in [1.29, 1.82) is 0 Å². The van der Waals surface area contributed by atoms with Crippen LogP contribution in [0.5, 0.6) is 0 Å². The molecular weight excluding hydrogens is 332 g/mol. The molecule has 2 fully saturated rings. The minimum Gasteiger partial charge on any atom is -0.378 e. The maximum absolute atomic E-state index is 12.2. The summed E-state index contributed by atoms with van der Waals surface area (Å²) in [6.45, 7) is 6.37. The van der Waals surface area contributed by atoms with Crippen LogP contribution in [0, 0.1) is 12.8 Å². The molecule has 0 bridgehead atoms. The van der Waals surface area contributed by atoms with Crippen molar-refractivity contribution in [2.75, 3.05) is 48.0 Å². The van der Waals surface area contributed by atoms with Gasteiger partial charge < -0.3 is 14.5 Å². The molecule has 21 heavy (non-hydrogen) atoms. The smallest absolute Gasteiger partial charge is 0.227 e. The highest BCUT2D eigenvalue weighted by Gasteiger charge is 2.30. The minimum atomic E-state index is 0.238. The summed E-state index contributed by atoms with van der Waals surface area (Å²) in [6, 6.07) is 6.41. The zero-order valence-electron chi connectivity index (χ0n) is 12.3. The standard InChI is InChI=1S/C16H21BrN2O2/c1-12-8-14(18-4-6-21-7-5-18)2-3-15(12)19-11-13(10-17)9-16(19)20/h2-3,8,13H,4-7,9-11H2,1H3. The Morgan fingerprint density at radius 2 is 2.10 bits per heavy atom. The molecule has 1 aromatic rings. The lowest BCUT2D eigenvalue weighted by atomic mass is 10.1. The van der Waals surface area contributed by atoms with Crippen LogP contribution >= 0.6 is 15.9 Å². The lowest BCUT2D eigenvalue weighted by Crippen LogP contribution is -2.36. The van der Waals surface area contributed by atoms with Crippen LogP contribution in [0.4, 0.5) is 11.4 Å². The second-order valence-electron chi connectivity index (χ2n) is 5.80. The van der Waals surface area contributed by atoms with E-state index in [4.69, 9.17) is 4.74 Å². The van der Waals surface area contributed by atoms with E-state index >= 15 is 0 Å². The molecular formula is C16H21BrN2O2. The number of carbonyl (C=O) groups is 1. The molecule has 3 rings (SSSR count). The molecule has 114 valence electrons. The van der Waals surface area contributed by atoms with Crippen LogP contribution in [0.3, 0.4) is 0 Å². The number of carbonyl (C=O) groups excluding carboxylic acids is 1. The van der Waals surface area contributed by atoms with Crippen molar-refractivity contribution in [3.05, 3.63) is 23.8 Å². The first kappa shape index (κ1) is 14.9. The number of alkyl halides is 1. The molecule has 0 radical (unpaired) electrons. The Kier molecular flexibility index (Phi) is 4.50. The van der Waals surface area contributed by atoms with E-state index in [1.54, 1.807) is 0 Å². The molecule has 5 heteroatoms. The van der Waals surface area contributed by atoms with E-state index in [1.807, 2.05) is 4.90 Å². The molecule has 1 atom stereocenters. The molecule has 0 aromatic heterocycles. The monoisotopic (exact) mass is 352 g/mol. The molecule has 2 saturated heterocycles. The first-order chi connectivity index (χ1) is 10.2. The van der Waals surface area contributed by atoms with Gasteiger partial charge in [-0.2, -0.15) is 0 Å². The number of aryl methyl sites for hydroxylation is 1. The largest absolute Gasteiger partial charge is 0.378 e. The Labute approximate surface area is 134 Å². The number of rotatable bonds is 3. The third-order valence-corrected chi connectivity index (χ3v) is 5.19. The van der Waals surface area contributed by atoms with Crippen molar-refractivity contribution in [3.8, 4) is 0 Å². The van der Waals surface area contributed by atoms with Crippen LogP contribution < -0.4 is 9.80 Å². The first-order valence-electron chi connectivity index (χ1n) is 7.48. The lowest BCUT2D eigenvalue weighted by molar-refractivity contribution is -0.117. The van der Waals surface area contributed by atoms with Crippen molar-refractivity contribution in [2.24, 2.45) is 5.92 Å². The molecule has 2 heterocycles. The van der Waals surface area contributed by atoms with Crippen LogP contribution in [0.1, 0.15) is 12.0 Å². The number of benzene rings is 1. The zero-order chi connectivity index (χ0) is 14.8. The van der Waals surface area contributed by atoms with Crippen LogP contribution in [0.15, 0.2) is 18.2 Å². The Hall–Kier alpha value is -1.07. The number of nitrogens with zero attached hydrogens (tertiary/aromatic N) is 2. The number of anilines is 2. The van der Waals surface area contributed by atoms with Gasteiger partial charge in [-0.3, -0.25) is 4.79 Å². The van der Waals surface area contributed by atoms with Crippen LogP contribution in [0.2, 0.25) is 0 Å². The molecule has 1 amide bonds. The third-order valence-electron chi connectivity index (χ3n) is 4.27. The highest BCUT2D eigenvalue weighted by Crippen LogP contribution is 2.31. The van der Waals surface area contributed by atoms with Gasteiger partial charge in [0.2, 0.25) is 5.91 Å². The van der Waals surface area contributed by atoms with Crippen molar-refractivity contribution >= 4 is 33.2 Å². The molecule has 1 unspecified atom stereocenters. The molecule has 0 spiro atoms. The number of hydrogen-bond donors (Lipinski definition) is 0. The summed E-state index contributed by atoms with van der Waals surface area (Å²) >= 11 is 3.49. The second-order valence-corrected chi connectivity index (χ2v) is 6.45. The fourth-order valence-electron chi connectivity index (χ4n) is 3.08. The fourth-order valence-corrected chi connectivity index (χ4v) is 3.51. The lowest BCUT2D eigenvalue weighted by Gasteiger charge is -2.30. The molecule has 0 aliphatic carbocycles. The van der Waals surface area contributed by atoms with Gasteiger partial charge in [-0.05, 0) is 36.6 Å². The van der Waals surface area contributed by atoms with Crippen LogP contribution in [-0.4, -0.2) is 44.1 Å². The highest BCUT2D eigenvalue weighted by molar-refractivity contribution is 9.09. The summed E-state index contributed by atoms with van der Waals surface area (Å²) in [5.74, 6) is 0.664. The van der Waals surface area contributed by atoms with Crippen molar-refractivity contribution in [3.63, 3.8) is 0 Å². The maximum Gasteiger partial charge on any atom is 0.227 e. The van der Waals surface area contributed by atoms with Gasteiger partial charge in [0, 0.05) is 42.8 Å². The van der Waals surface area contributed by atoms with Gasteiger partial charge in [0.25, 0.3) is 0 Å². The molecule has 4 nitrogen and oxygen atoms in total. The summed E-state index contributed by atoms with van der Waals surface area (Å²) in [4.78, 5) is 16.4. The van der Waals surface area contributed by atoms with Crippen molar-refractivity contribution in [2.45, 2.75) is 13.3 Å². The second kappa shape index (κ2) is 6.36. The SMILES string of the molecule is Cc1cc(N2CCOCC2)ccc1N1CC(CBr)CC1=O. The van der Waals surface area contributed by atoms with E-state index in [0.717, 1.165) is 43.9 Å². The summed E-state index contributed by atoms with van der Waals surface area (Å²) in [5.41, 5.74) is 3.45. The van der Waals surface area contributed by atoms with Gasteiger partial charge in [0.15, 0.2) is 0 Å². The first-order valence-corrected chi connectivity index (χ1v) is 8.61. The topological polar surface area (TPSA) is 32.8 Å². The average molecular weight is 353 g/mol. The Balaban J connectivity index is 1.79. The number of halogens is 1. The van der Waals surface area contributed by atoms with Gasteiger partial charge in [-0.25, -0.2) is 0 Å². The van der Waals surface area contributed by atoms with E-state index < -0.39 is 0 Å². The van der Waals surface area contributed by atoms with Crippen LogP contribution in [-0.2, 0) is 9.53 Å². The van der Waals surface area contributed by atoms with Crippen molar-refractivity contribution in [1.82, 2.24) is 0 Å². The van der Waals surface area contributed by atoms with Crippen LogP contribution in [0.25, 0.3) is 0 Å². The predicted octanol–water partition coefficient (Wildman–Crippen LogP) is 2.58. The van der Waals surface area contributed by atoms with E-state index in [1.165, 1.54) is 11.3 Å². The average Bonchev–Trinajstić information content (AvgIpc) is 2.89.